The molecule has 2 unspecified atom stereocenters. The van der Waals surface area contributed by atoms with Crippen LogP contribution in [0.3, 0.4) is 0 Å². The number of carbonyl (C=O) groups excluding carboxylic acids is 1. The molecule has 8 heteroatoms. The predicted octanol–water partition coefficient (Wildman–Crippen LogP) is 1.16. The number of fused-ring (bicyclic) bond motifs is 1. The quantitative estimate of drug-likeness (QED) is 0.833. The lowest BCUT2D eigenvalue weighted by atomic mass is 9.95. The van der Waals surface area contributed by atoms with Gasteiger partial charge in [-0.25, -0.2) is 8.42 Å². The SMILES string of the molecule is CC1CNCCC1NC(=O)c1ccc2c(c1)CCN2S(C)(=O)=O.Cl. The Balaban J connectivity index is 0.00000208. The Labute approximate surface area is 149 Å². The first-order chi connectivity index (χ1) is 10.9. The topological polar surface area (TPSA) is 78.5 Å². The average molecular weight is 374 g/mol. The number of nitrogens with one attached hydrogen (secondary N) is 2. The first-order valence-corrected chi connectivity index (χ1v) is 9.83. The van der Waals surface area contributed by atoms with Crippen LogP contribution >= 0.6 is 12.4 Å². The summed E-state index contributed by atoms with van der Waals surface area (Å²) < 4.78 is 24.9. The lowest BCUT2D eigenvalue weighted by Crippen LogP contribution is -2.48. The zero-order valence-electron chi connectivity index (χ0n) is 13.9. The molecule has 1 amide bonds. The van der Waals surface area contributed by atoms with Crippen LogP contribution in [0.25, 0.3) is 0 Å². The van der Waals surface area contributed by atoms with Crippen molar-refractivity contribution in [2.24, 2.45) is 5.92 Å². The van der Waals surface area contributed by atoms with Crippen LogP contribution in [0, 0.1) is 5.92 Å². The van der Waals surface area contributed by atoms with E-state index in [4.69, 9.17) is 0 Å². The summed E-state index contributed by atoms with van der Waals surface area (Å²) in [6, 6.07) is 5.46. The molecule has 1 aromatic rings. The van der Waals surface area contributed by atoms with E-state index in [-0.39, 0.29) is 24.4 Å². The maximum atomic E-state index is 12.5. The van der Waals surface area contributed by atoms with E-state index in [1.54, 1.807) is 12.1 Å². The van der Waals surface area contributed by atoms with Crippen molar-refractivity contribution in [2.75, 3.05) is 30.2 Å². The molecule has 0 spiro atoms. The van der Waals surface area contributed by atoms with Crippen molar-refractivity contribution in [2.45, 2.75) is 25.8 Å². The second-order valence-corrected chi connectivity index (χ2v) is 8.39. The minimum Gasteiger partial charge on any atom is -0.349 e. The largest absolute Gasteiger partial charge is 0.349 e. The molecule has 0 aliphatic carbocycles. The van der Waals surface area contributed by atoms with Gasteiger partial charge in [0.25, 0.3) is 5.91 Å². The molecule has 0 aromatic heterocycles. The lowest BCUT2D eigenvalue weighted by Gasteiger charge is -2.30. The summed E-state index contributed by atoms with van der Waals surface area (Å²) in [5.41, 5.74) is 2.21. The molecule has 0 radical (unpaired) electrons. The third-order valence-electron chi connectivity index (χ3n) is 4.70. The summed E-state index contributed by atoms with van der Waals surface area (Å²) in [5.74, 6) is 0.326. The summed E-state index contributed by atoms with van der Waals surface area (Å²) in [4.78, 5) is 12.5. The molecule has 24 heavy (non-hydrogen) atoms. The number of hydrogen-bond donors (Lipinski definition) is 2. The Kier molecular flexibility index (Phi) is 5.78. The molecule has 2 aliphatic heterocycles. The van der Waals surface area contributed by atoms with E-state index in [1.165, 1.54) is 10.6 Å². The molecule has 2 aliphatic rings. The number of benzene rings is 1. The fraction of sp³-hybridized carbons (Fsp3) is 0.562. The molecule has 3 rings (SSSR count). The highest BCUT2D eigenvalue weighted by molar-refractivity contribution is 7.92. The summed E-state index contributed by atoms with van der Waals surface area (Å²) in [7, 11) is -3.25. The molecule has 0 saturated carbocycles. The molecule has 2 N–H and O–H groups in total. The van der Waals surface area contributed by atoms with Gasteiger partial charge in [0.1, 0.15) is 0 Å². The minimum atomic E-state index is -3.25. The van der Waals surface area contributed by atoms with Gasteiger partial charge in [0, 0.05) is 18.2 Å². The van der Waals surface area contributed by atoms with Gasteiger partial charge in [0.15, 0.2) is 0 Å². The molecule has 1 aromatic carbocycles. The number of anilines is 1. The van der Waals surface area contributed by atoms with Crippen molar-refractivity contribution in [3.05, 3.63) is 29.3 Å². The Morgan fingerprint density at radius 1 is 1.38 bits per heavy atom. The van der Waals surface area contributed by atoms with Crippen molar-refractivity contribution in [3.8, 4) is 0 Å². The van der Waals surface area contributed by atoms with Gasteiger partial charge < -0.3 is 10.6 Å². The smallest absolute Gasteiger partial charge is 0.251 e. The number of nitrogens with zero attached hydrogens (tertiary/aromatic N) is 1. The molecule has 1 saturated heterocycles. The van der Waals surface area contributed by atoms with E-state index < -0.39 is 10.0 Å². The number of hydrogen-bond acceptors (Lipinski definition) is 4. The van der Waals surface area contributed by atoms with Gasteiger partial charge in [-0.15, -0.1) is 12.4 Å². The first kappa shape index (κ1) is 19.0. The molecule has 2 heterocycles. The fourth-order valence-electron chi connectivity index (χ4n) is 3.34. The number of piperidine rings is 1. The van der Waals surface area contributed by atoms with Gasteiger partial charge in [-0.1, -0.05) is 6.92 Å². The Morgan fingerprint density at radius 2 is 2.12 bits per heavy atom. The van der Waals surface area contributed by atoms with Crippen LogP contribution in [0.15, 0.2) is 18.2 Å². The normalized spacial score (nSPS) is 23.3. The average Bonchev–Trinajstić information content (AvgIpc) is 2.92. The summed E-state index contributed by atoms with van der Waals surface area (Å²) in [5, 5.41) is 6.42. The molecule has 2 atom stereocenters. The third kappa shape index (κ3) is 3.84. The summed E-state index contributed by atoms with van der Waals surface area (Å²) in [6.07, 6.45) is 2.79. The fourth-order valence-corrected chi connectivity index (χ4v) is 4.30. The number of halogens is 1. The van der Waals surface area contributed by atoms with E-state index in [2.05, 4.69) is 17.6 Å². The van der Waals surface area contributed by atoms with Gasteiger partial charge in [-0.05, 0) is 55.6 Å². The molecule has 134 valence electrons. The van der Waals surface area contributed by atoms with Crippen LogP contribution in [0.1, 0.15) is 29.3 Å². The van der Waals surface area contributed by atoms with Crippen LogP contribution in [0.2, 0.25) is 0 Å². The van der Waals surface area contributed by atoms with Gasteiger partial charge >= 0.3 is 0 Å². The second kappa shape index (κ2) is 7.29. The van der Waals surface area contributed by atoms with Crippen molar-refractivity contribution in [1.29, 1.82) is 0 Å². The second-order valence-electron chi connectivity index (χ2n) is 6.48. The van der Waals surface area contributed by atoms with Gasteiger partial charge in [0.05, 0.1) is 11.9 Å². The van der Waals surface area contributed by atoms with Crippen LogP contribution in [0.5, 0.6) is 0 Å². The van der Waals surface area contributed by atoms with Gasteiger partial charge in [0.2, 0.25) is 10.0 Å². The number of sulfonamides is 1. The van der Waals surface area contributed by atoms with Gasteiger partial charge in [-0.2, -0.15) is 0 Å². The summed E-state index contributed by atoms with van der Waals surface area (Å²) >= 11 is 0. The van der Waals surface area contributed by atoms with Crippen molar-refractivity contribution >= 4 is 34.0 Å². The van der Waals surface area contributed by atoms with E-state index in [0.29, 0.717) is 30.1 Å². The van der Waals surface area contributed by atoms with Gasteiger partial charge in [-0.3, -0.25) is 9.10 Å². The van der Waals surface area contributed by atoms with Crippen molar-refractivity contribution in [1.82, 2.24) is 10.6 Å². The predicted molar refractivity (Wildman–Crippen MR) is 97.5 cm³/mol. The van der Waals surface area contributed by atoms with Crippen LogP contribution < -0.4 is 14.9 Å². The van der Waals surface area contributed by atoms with E-state index in [9.17, 15) is 13.2 Å². The minimum absolute atomic E-state index is 0. The maximum Gasteiger partial charge on any atom is 0.251 e. The van der Waals surface area contributed by atoms with Crippen LogP contribution in [0.4, 0.5) is 5.69 Å². The van der Waals surface area contributed by atoms with Crippen LogP contribution in [-0.4, -0.2) is 46.3 Å². The Bertz CT molecular complexity index is 723. The standard InChI is InChI=1S/C16H23N3O3S.ClH/c1-11-10-17-7-5-14(11)18-16(20)13-3-4-15-12(9-13)6-8-19(15)23(2,21)22;/h3-4,9,11,14,17H,5-8,10H2,1-2H3,(H,18,20);1H. The number of carbonyl (C=O) groups is 1. The highest BCUT2D eigenvalue weighted by atomic mass is 35.5. The number of amides is 1. The third-order valence-corrected chi connectivity index (χ3v) is 5.88. The van der Waals surface area contributed by atoms with Crippen molar-refractivity contribution < 1.29 is 13.2 Å². The highest BCUT2D eigenvalue weighted by Crippen LogP contribution is 2.30. The maximum absolute atomic E-state index is 12.5. The Hall–Kier alpha value is -1.31. The lowest BCUT2D eigenvalue weighted by molar-refractivity contribution is 0.0914. The zero-order chi connectivity index (χ0) is 16.6. The first-order valence-electron chi connectivity index (χ1n) is 7.98. The molecular weight excluding hydrogens is 350 g/mol. The Morgan fingerprint density at radius 3 is 2.79 bits per heavy atom. The monoisotopic (exact) mass is 373 g/mol. The molecular formula is C16H24ClN3O3S. The van der Waals surface area contributed by atoms with E-state index in [0.717, 1.165) is 25.1 Å². The number of rotatable bonds is 3. The van der Waals surface area contributed by atoms with Crippen LogP contribution in [-0.2, 0) is 16.4 Å². The van der Waals surface area contributed by atoms with E-state index >= 15 is 0 Å². The molecule has 6 nitrogen and oxygen atoms in total. The molecule has 1 fully saturated rings. The molecule has 0 bridgehead atoms. The highest BCUT2D eigenvalue weighted by Gasteiger charge is 2.28. The van der Waals surface area contributed by atoms with E-state index in [1.807, 2.05) is 6.07 Å². The zero-order valence-corrected chi connectivity index (χ0v) is 15.5. The summed E-state index contributed by atoms with van der Waals surface area (Å²) in [6.45, 7) is 4.41. The van der Waals surface area contributed by atoms with Crippen molar-refractivity contribution in [3.63, 3.8) is 0 Å².